The first-order chi connectivity index (χ1) is 8.91. The molecular formula is C13H16O5S. The monoisotopic (exact) mass is 284 g/mol. The number of carbonyl (C=O) groups is 1. The average molecular weight is 284 g/mol. The molecule has 0 aromatic heterocycles. The number of hydrogen-bond donors (Lipinski definition) is 0. The fourth-order valence-corrected chi connectivity index (χ4v) is 2.57. The molecule has 104 valence electrons. The molecule has 0 saturated heterocycles. The maximum atomic E-state index is 11.5. The number of sulfone groups is 1. The second kappa shape index (κ2) is 5.21. The molecule has 6 heteroatoms. The highest BCUT2D eigenvalue weighted by Crippen LogP contribution is 2.36. The van der Waals surface area contributed by atoms with Gasteiger partial charge in [0, 0.05) is 18.2 Å². The number of fused-ring (bicyclic) bond motifs is 1. The van der Waals surface area contributed by atoms with Gasteiger partial charge in [-0.3, -0.25) is 4.79 Å². The Kier molecular flexibility index (Phi) is 3.80. The number of rotatable bonds is 4. The molecule has 0 radical (unpaired) electrons. The highest BCUT2D eigenvalue weighted by Gasteiger charge is 2.28. The minimum atomic E-state index is -3.28. The molecular weight excluding hydrogens is 268 g/mol. The Morgan fingerprint density at radius 2 is 2.21 bits per heavy atom. The average Bonchev–Trinajstić information content (AvgIpc) is 2.71. The summed E-state index contributed by atoms with van der Waals surface area (Å²) in [6.45, 7) is 2.13. The molecule has 5 nitrogen and oxygen atoms in total. The van der Waals surface area contributed by atoms with Gasteiger partial charge in [-0.2, -0.15) is 0 Å². The Labute approximate surface area is 112 Å². The van der Waals surface area contributed by atoms with Crippen LogP contribution in [0.25, 0.3) is 0 Å². The van der Waals surface area contributed by atoms with Gasteiger partial charge < -0.3 is 9.47 Å². The van der Waals surface area contributed by atoms with Crippen LogP contribution < -0.4 is 4.74 Å². The molecule has 0 bridgehead atoms. The predicted molar refractivity (Wildman–Crippen MR) is 68.8 cm³/mol. The van der Waals surface area contributed by atoms with E-state index in [4.69, 9.17) is 9.47 Å². The fraction of sp³-hybridized carbons (Fsp3) is 0.462. The second-order valence-corrected chi connectivity index (χ2v) is 6.53. The predicted octanol–water partition coefficient (Wildman–Crippen LogP) is 1.87. The van der Waals surface area contributed by atoms with Gasteiger partial charge in [-0.15, -0.1) is 0 Å². The maximum absolute atomic E-state index is 11.5. The van der Waals surface area contributed by atoms with E-state index in [0.717, 1.165) is 6.26 Å². The molecule has 1 unspecified atom stereocenters. The smallest absolute Gasteiger partial charge is 0.306 e. The van der Waals surface area contributed by atoms with E-state index in [-0.39, 0.29) is 17.5 Å². The first-order valence-corrected chi connectivity index (χ1v) is 7.97. The minimum absolute atomic E-state index is 0.202. The lowest BCUT2D eigenvalue weighted by Gasteiger charge is -2.11. The third-order valence-corrected chi connectivity index (χ3v) is 3.98. The van der Waals surface area contributed by atoms with Crippen molar-refractivity contribution >= 4 is 15.8 Å². The van der Waals surface area contributed by atoms with Gasteiger partial charge >= 0.3 is 5.97 Å². The van der Waals surface area contributed by atoms with Crippen molar-refractivity contribution in [3.63, 3.8) is 0 Å². The molecule has 2 rings (SSSR count). The molecule has 0 fully saturated rings. The van der Waals surface area contributed by atoms with Crippen molar-refractivity contribution in [3.05, 3.63) is 23.8 Å². The van der Waals surface area contributed by atoms with E-state index in [1.807, 2.05) is 6.92 Å². The summed E-state index contributed by atoms with van der Waals surface area (Å²) in [6.07, 6.45) is 1.68. The van der Waals surface area contributed by atoms with Crippen LogP contribution in [0.3, 0.4) is 0 Å². The summed E-state index contributed by atoms with van der Waals surface area (Å²) in [7, 11) is -3.28. The van der Waals surface area contributed by atoms with E-state index in [9.17, 15) is 13.2 Å². The normalized spacial score (nSPS) is 17.7. The van der Waals surface area contributed by atoms with Crippen LogP contribution in [0, 0.1) is 0 Å². The van der Waals surface area contributed by atoms with Crippen molar-refractivity contribution in [3.8, 4) is 5.75 Å². The lowest BCUT2D eigenvalue weighted by molar-refractivity contribution is -0.149. The highest BCUT2D eigenvalue weighted by molar-refractivity contribution is 7.90. The molecule has 1 atom stereocenters. The Bertz CT molecular complexity index is 591. The third kappa shape index (κ3) is 3.07. The Hall–Kier alpha value is -1.56. The summed E-state index contributed by atoms with van der Waals surface area (Å²) in [5, 5.41) is 0. The topological polar surface area (TPSA) is 69.7 Å². The Morgan fingerprint density at radius 3 is 2.84 bits per heavy atom. The first-order valence-electron chi connectivity index (χ1n) is 6.08. The van der Waals surface area contributed by atoms with E-state index in [1.165, 1.54) is 12.1 Å². The first kappa shape index (κ1) is 13.9. The molecule has 1 heterocycles. The summed E-state index contributed by atoms with van der Waals surface area (Å²) in [5.41, 5.74) is 0.618. The van der Waals surface area contributed by atoms with Crippen molar-refractivity contribution in [1.82, 2.24) is 0 Å². The largest absolute Gasteiger partial charge is 0.489 e. The van der Waals surface area contributed by atoms with Gasteiger partial charge in [0.1, 0.15) is 12.4 Å². The maximum Gasteiger partial charge on any atom is 0.306 e. The van der Waals surface area contributed by atoms with Crippen LogP contribution in [-0.4, -0.2) is 27.2 Å². The number of carbonyl (C=O) groups excluding carboxylic acids is 1. The summed E-state index contributed by atoms with van der Waals surface area (Å²) in [6, 6.07) is 4.60. The summed E-state index contributed by atoms with van der Waals surface area (Å²) < 4.78 is 33.7. The molecule has 19 heavy (non-hydrogen) atoms. The van der Waals surface area contributed by atoms with E-state index >= 15 is 0 Å². The lowest BCUT2D eigenvalue weighted by atomic mass is 10.1. The van der Waals surface area contributed by atoms with Crippen LogP contribution in [0.2, 0.25) is 0 Å². The third-order valence-electron chi connectivity index (χ3n) is 2.87. The molecule has 0 spiro atoms. The molecule has 1 aromatic carbocycles. The second-order valence-electron chi connectivity index (χ2n) is 4.51. The Morgan fingerprint density at radius 1 is 1.47 bits per heavy atom. The molecule has 0 amide bonds. The van der Waals surface area contributed by atoms with Gasteiger partial charge in [0.05, 0.1) is 4.90 Å². The minimum Gasteiger partial charge on any atom is -0.489 e. The van der Waals surface area contributed by atoms with Gasteiger partial charge in [-0.25, -0.2) is 8.42 Å². The van der Waals surface area contributed by atoms with Crippen molar-refractivity contribution in [2.75, 3.05) is 12.9 Å². The fourth-order valence-electron chi connectivity index (χ4n) is 1.91. The zero-order chi connectivity index (χ0) is 14.0. The van der Waals surface area contributed by atoms with E-state index in [2.05, 4.69) is 0 Å². The number of benzene rings is 1. The highest BCUT2D eigenvalue weighted by atomic mass is 32.2. The van der Waals surface area contributed by atoms with Crippen molar-refractivity contribution in [2.24, 2.45) is 0 Å². The summed E-state index contributed by atoms with van der Waals surface area (Å²) >= 11 is 0. The van der Waals surface area contributed by atoms with Gasteiger partial charge in [-0.1, -0.05) is 6.92 Å². The molecule has 1 aliphatic heterocycles. The molecule has 0 aliphatic carbocycles. The van der Waals surface area contributed by atoms with Crippen LogP contribution in [-0.2, 0) is 19.4 Å². The van der Waals surface area contributed by atoms with Gasteiger partial charge in [0.2, 0.25) is 0 Å². The van der Waals surface area contributed by atoms with E-state index < -0.39 is 15.9 Å². The number of esters is 1. The summed E-state index contributed by atoms with van der Waals surface area (Å²) in [5.74, 6) is 0.274. The van der Waals surface area contributed by atoms with E-state index in [1.54, 1.807) is 6.07 Å². The van der Waals surface area contributed by atoms with Gasteiger partial charge in [0.15, 0.2) is 15.9 Å². The van der Waals surface area contributed by atoms with Crippen LogP contribution in [0.15, 0.2) is 23.1 Å². The lowest BCUT2D eigenvalue weighted by Crippen LogP contribution is -2.12. The van der Waals surface area contributed by atoms with Gasteiger partial charge in [-0.05, 0) is 24.6 Å². The molecule has 0 saturated carbocycles. The molecule has 0 N–H and O–H groups in total. The number of hydrogen-bond acceptors (Lipinski definition) is 5. The Balaban J connectivity index is 2.25. The number of ether oxygens (including phenoxy) is 2. The molecule has 1 aromatic rings. The van der Waals surface area contributed by atoms with Crippen LogP contribution in [0.1, 0.15) is 31.4 Å². The van der Waals surface area contributed by atoms with Crippen molar-refractivity contribution < 1.29 is 22.7 Å². The standard InChI is InChI=1S/C13H16O5S/c1-3-4-13(14)18-12-8-17-11-6-5-9(7-10(11)12)19(2,15)16/h5-7,12H,3-4,8H2,1-2H3. The van der Waals surface area contributed by atoms with Gasteiger partial charge in [0.25, 0.3) is 0 Å². The SMILES string of the molecule is CCCC(=O)OC1COc2ccc(S(C)(=O)=O)cc21. The van der Waals surface area contributed by atoms with Crippen molar-refractivity contribution in [1.29, 1.82) is 0 Å². The van der Waals surface area contributed by atoms with Crippen molar-refractivity contribution in [2.45, 2.75) is 30.8 Å². The van der Waals surface area contributed by atoms with Crippen LogP contribution >= 0.6 is 0 Å². The van der Waals surface area contributed by atoms with Crippen LogP contribution in [0.5, 0.6) is 5.75 Å². The zero-order valence-corrected chi connectivity index (χ0v) is 11.7. The molecule has 1 aliphatic rings. The zero-order valence-electron chi connectivity index (χ0n) is 10.9. The summed E-state index contributed by atoms with van der Waals surface area (Å²) in [4.78, 5) is 11.7. The van der Waals surface area contributed by atoms with Crippen LogP contribution in [0.4, 0.5) is 0 Å². The van der Waals surface area contributed by atoms with E-state index in [0.29, 0.717) is 24.2 Å². The quantitative estimate of drug-likeness (QED) is 0.789.